The number of carbonyl (C=O) groups excluding carboxylic acids is 1. The monoisotopic (exact) mass is 346 g/mol. The van der Waals surface area contributed by atoms with E-state index in [1.165, 1.54) is 6.07 Å². The summed E-state index contributed by atoms with van der Waals surface area (Å²) < 4.78 is 16.3. The molecule has 1 aromatic heterocycles. The molecule has 0 atom stereocenters. The van der Waals surface area contributed by atoms with Crippen LogP contribution in [0, 0.1) is 0 Å². The number of aryl methyl sites for hydroxylation is 1. The van der Waals surface area contributed by atoms with Crippen molar-refractivity contribution in [2.24, 2.45) is 0 Å². The number of piperidine rings is 1. The maximum absolute atomic E-state index is 12.3. The van der Waals surface area contributed by atoms with E-state index in [2.05, 4.69) is 5.16 Å². The van der Waals surface area contributed by atoms with Crippen molar-refractivity contribution in [3.63, 3.8) is 0 Å². The van der Waals surface area contributed by atoms with Crippen LogP contribution in [-0.4, -0.2) is 42.3 Å². The summed E-state index contributed by atoms with van der Waals surface area (Å²) in [4.78, 5) is 25.1. The van der Waals surface area contributed by atoms with E-state index in [9.17, 15) is 9.59 Å². The second kappa shape index (κ2) is 7.92. The summed E-state index contributed by atoms with van der Waals surface area (Å²) in [5, 5.41) is 2.23. The van der Waals surface area contributed by atoms with Gasteiger partial charge in [0, 0.05) is 44.8 Å². The van der Waals surface area contributed by atoms with Crippen LogP contribution in [0.5, 0.6) is 11.5 Å². The van der Waals surface area contributed by atoms with Gasteiger partial charge in [-0.25, -0.2) is 0 Å². The minimum atomic E-state index is -0.281. The second-order valence-electron chi connectivity index (χ2n) is 6.03. The average Bonchev–Trinajstić information content (AvgIpc) is 3.06. The highest BCUT2D eigenvalue weighted by Gasteiger charge is 2.24. The lowest BCUT2D eigenvalue weighted by atomic mass is 10.1. The quantitative estimate of drug-likeness (QED) is 0.864. The van der Waals surface area contributed by atoms with Crippen LogP contribution >= 0.6 is 0 Å². The Kier molecular flexibility index (Phi) is 5.42. The first-order chi connectivity index (χ1) is 12.2. The number of hydrogen-bond acceptors (Lipinski definition) is 5. The summed E-state index contributed by atoms with van der Waals surface area (Å²) in [7, 11) is 1.62. The van der Waals surface area contributed by atoms with Gasteiger partial charge in [0.15, 0.2) is 11.5 Å². The Hall–Kier alpha value is -2.70. The third-order valence-electron chi connectivity index (χ3n) is 4.32. The van der Waals surface area contributed by atoms with Crippen molar-refractivity contribution in [1.29, 1.82) is 0 Å². The summed E-state index contributed by atoms with van der Waals surface area (Å²) in [5.74, 6) is 2.03. The smallest absolute Gasteiger partial charge is 0.280 e. The zero-order valence-electron chi connectivity index (χ0n) is 14.2. The normalized spacial score (nSPS) is 15.2. The second-order valence-corrected chi connectivity index (χ2v) is 6.03. The van der Waals surface area contributed by atoms with E-state index >= 15 is 0 Å². The number of nitrogens with one attached hydrogen (secondary N) is 1. The molecule has 1 aliphatic rings. The number of aromatic nitrogens is 1. The third-order valence-corrected chi connectivity index (χ3v) is 4.32. The average molecular weight is 346 g/mol. The van der Waals surface area contributed by atoms with Crippen LogP contribution < -0.4 is 15.0 Å². The minimum Gasteiger partial charge on any atom is -0.493 e. The molecule has 7 heteroatoms. The molecule has 1 fully saturated rings. The molecule has 2 heterocycles. The van der Waals surface area contributed by atoms with Crippen molar-refractivity contribution < 1.29 is 18.8 Å². The van der Waals surface area contributed by atoms with Crippen LogP contribution in [0.2, 0.25) is 0 Å². The number of nitrogens with zero attached hydrogens (tertiary/aromatic N) is 1. The van der Waals surface area contributed by atoms with E-state index in [1.54, 1.807) is 7.11 Å². The van der Waals surface area contributed by atoms with E-state index < -0.39 is 0 Å². The molecule has 0 unspecified atom stereocenters. The van der Waals surface area contributed by atoms with Gasteiger partial charge in [0.2, 0.25) is 5.91 Å². The number of methoxy groups -OCH3 is 1. The highest BCUT2D eigenvalue weighted by atomic mass is 16.5. The number of likely N-dealkylation sites (tertiary alicyclic amines) is 1. The van der Waals surface area contributed by atoms with Crippen LogP contribution in [0.3, 0.4) is 0 Å². The SMILES string of the molecule is COc1ccccc1OC1CCN(C(=O)CCc2cc(=O)[nH]o2)CC1. The standard InChI is InChI=1S/C18H22N2O5/c1-23-15-4-2-3-5-16(15)24-13-8-10-20(11-9-13)18(22)7-6-14-12-17(21)19-25-14/h2-5,12-13H,6-11H2,1H3,(H,19,21). The molecule has 134 valence electrons. The summed E-state index contributed by atoms with van der Waals surface area (Å²) in [6.45, 7) is 1.32. The van der Waals surface area contributed by atoms with Gasteiger partial charge in [-0.3, -0.25) is 9.59 Å². The summed E-state index contributed by atoms with van der Waals surface area (Å²) in [6.07, 6.45) is 2.39. The van der Waals surface area contributed by atoms with Crippen molar-refractivity contribution in [2.45, 2.75) is 31.8 Å². The Morgan fingerprint density at radius 2 is 2.00 bits per heavy atom. The molecule has 2 aromatic rings. The number of aromatic amines is 1. The molecule has 1 amide bonds. The van der Waals surface area contributed by atoms with Crippen LogP contribution in [0.4, 0.5) is 0 Å². The van der Waals surface area contributed by atoms with E-state index in [0.717, 1.165) is 18.6 Å². The predicted octanol–water partition coefficient (Wildman–Crippen LogP) is 1.98. The number of rotatable bonds is 6. The number of hydrogen-bond donors (Lipinski definition) is 1. The fourth-order valence-electron chi connectivity index (χ4n) is 2.95. The Morgan fingerprint density at radius 3 is 2.64 bits per heavy atom. The van der Waals surface area contributed by atoms with Gasteiger partial charge in [-0.1, -0.05) is 12.1 Å². The number of amides is 1. The maximum Gasteiger partial charge on any atom is 0.280 e. The van der Waals surface area contributed by atoms with E-state index in [1.807, 2.05) is 29.2 Å². The molecule has 0 bridgehead atoms. The fraction of sp³-hybridized carbons (Fsp3) is 0.444. The van der Waals surface area contributed by atoms with Crippen LogP contribution in [0.25, 0.3) is 0 Å². The zero-order chi connectivity index (χ0) is 17.6. The zero-order valence-corrected chi connectivity index (χ0v) is 14.2. The Labute approximate surface area is 145 Å². The van der Waals surface area contributed by atoms with Crippen LogP contribution in [0.1, 0.15) is 25.0 Å². The Morgan fingerprint density at radius 1 is 1.28 bits per heavy atom. The molecule has 3 rings (SSSR count). The molecule has 25 heavy (non-hydrogen) atoms. The number of H-pyrrole nitrogens is 1. The van der Waals surface area contributed by atoms with Crippen molar-refractivity contribution >= 4 is 5.91 Å². The van der Waals surface area contributed by atoms with Gasteiger partial charge in [0.1, 0.15) is 11.9 Å². The molecule has 0 saturated carbocycles. The number of benzene rings is 1. The minimum absolute atomic E-state index is 0.0691. The number of carbonyl (C=O) groups is 1. The molecule has 0 aliphatic carbocycles. The van der Waals surface area contributed by atoms with E-state index in [4.69, 9.17) is 14.0 Å². The lowest BCUT2D eigenvalue weighted by molar-refractivity contribution is -0.133. The molecule has 0 radical (unpaired) electrons. The largest absolute Gasteiger partial charge is 0.493 e. The molecule has 1 aromatic carbocycles. The van der Waals surface area contributed by atoms with Crippen molar-refractivity contribution in [3.8, 4) is 11.5 Å². The van der Waals surface area contributed by atoms with Crippen molar-refractivity contribution in [3.05, 3.63) is 46.4 Å². The van der Waals surface area contributed by atoms with Gasteiger partial charge in [0.05, 0.1) is 7.11 Å². The molecule has 1 aliphatic heterocycles. The van der Waals surface area contributed by atoms with Gasteiger partial charge < -0.3 is 18.9 Å². The lowest BCUT2D eigenvalue weighted by Crippen LogP contribution is -2.41. The molecular weight excluding hydrogens is 324 g/mol. The van der Waals surface area contributed by atoms with Gasteiger partial charge in [-0.15, -0.1) is 0 Å². The van der Waals surface area contributed by atoms with Crippen molar-refractivity contribution in [1.82, 2.24) is 10.1 Å². The van der Waals surface area contributed by atoms with Gasteiger partial charge in [-0.05, 0) is 12.1 Å². The van der Waals surface area contributed by atoms with Crippen LogP contribution in [0.15, 0.2) is 39.6 Å². The van der Waals surface area contributed by atoms with Gasteiger partial charge in [0.25, 0.3) is 5.56 Å². The first-order valence-electron chi connectivity index (χ1n) is 8.40. The molecule has 7 nitrogen and oxygen atoms in total. The molecule has 1 N–H and O–H groups in total. The number of ether oxygens (including phenoxy) is 2. The lowest BCUT2D eigenvalue weighted by Gasteiger charge is -2.32. The van der Waals surface area contributed by atoms with E-state index in [0.29, 0.717) is 37.4 Å². The highest BCUT2D eigenvalue weighted by molar-refractivity contribution is 5.76. The predicted molar refractivity (Wildman–Crippen MR) is 90.9 cm³/mol. The summed E-state index contributed by atoms with van der Waals surface area (Å²) in [5.41, 5.74) is -0.281. The Balaban J connectivity index is 1.46. The van der Waals surface area contributed by atoms with Gasteiger partial charge in [-0.2, -0.15) is 5.16 Å². The molecule has 0 spiro atoms. The Bertz CT molecular complexity index is 759. The highest BCUT2D eigenvalue weighted by Crippen LogP contribution is 2.29. The maximum atomic E-state index is 12.3. The first kappa shape index (κ1) is 17.1. The summed E-state index contributed by atoms with van der Waals surface area (Å²) in [6, 6.07) is 8.95. The van der Waals surface area contributed by atoms with Gasteiger partial charge >= 0.3 is 0 Å². The number of para-hydroxylation sites is 2. The summed E-state index contributed by atoms with van der Waals surface area (Å²) >= 11 is 0. The van der Waals surface area contributed by atoms with Crippen molar-refractivity contribution in [2.75, 3.05) is 20.2 Å². The van der Waals surface area contributed by atoms with Crippen LogP contribution in [-0.2, 0) is 11.2 Å². The molecular formula is C18H22N2O5. The fourth-order valence-corrected chi connectivity index (χ4v) is 2.95. The molecule has 1 saturated heterocycles. The first-order valence-corrected chi connectivity index (χ1v) is 8.40. The topological polar surface area (TPSA) is 84.8 Å². The van der Waals surface area contributed by atoms with E-state index in [-0.39, 0.29) is 17.6 Å². The third kappa shape index (κ3) is 4.43.